The first kappa shape index (κ1) is 16.2. The Morgan fingerprint density at radius 1 is 1.14 bits per heavy atom. The van der Waals surface area contributed by atoms with E-state index in [0.29, 0.717) is 5.02 Å². The van der Waals surface area contributed by atoms with Crippen molar-refractivity contribution in [1.29, 1.82) is 0 Å². The minimum atomic E-state index is -3.75. The van der Waals surface area contributed by atoms with E-state index in [0.717, 1.165) is 5.56 Å². The highest BCUT2D eigenvalue weighted by molar-refractivity contribution is 7.89. The Morgan fingerprint density at radius 3 is 2.43 bits per heavy atom. The average Bonchev–Trinajstić information content (AvgIpc) is 2.46. The van der Waals surface area contributed by atoms with Gasteiger partial charge in [-0.05, 0) is 24.6 Å². The van der Waals surface area contributed by atoms with Gasteiger partial charge in [-0.25, -0.2) is 8.42 Å². The molecule has 0 amide bonds. The fraction of sp³-hybridized carbons (Fsp3) is 0.214. The highest BCUT2D eigenvalue weighted by atomic mass is 35.5. The molecule has 0 aliphatic rings. The van der Waals surface area contributed by atoms with Crippen molar-refractivity contribution in [3.8, 4) is 0 Å². The van der Waals surface area contributed by atoms with Crippen molar-refractivity contribution in [1.82, 2.24) is 9.29 Å². The molecule has 0 bridgehead atoms. The van der Waals surface area contributed by atoms with Crippen molar-refractivity contribution in [3.63, 3.8) is 0 Å². The fourth-order valence-corrected chi connectivity index (χ4v) is 3.97. The predicted octanol–water partition coefficient (Wildman–Crippen LogP) is 3.77. The largest absolute Gasteiger partial charge is 0.263 e. The average molecular weight is 345 g/mol. The number of pyridine rings is 1. The number of halogens is 2. The maximum Gasteiger partial charge on any atom is 0.246 e. The second-order valence-electron chi connectivity index (χ2n) is 4.52. The standard InChI is InChI=1S/C14H14Cl2N2O2S/c1-10(11-5-3-4-6-12(11)15)18(2)21(19,20)14-9-17-8-7-13(14)16/h3-10H,1-2H3. The quantitative estimate of drug-likeness (QED) is 0.848. The maximum atomic E-state index is 12.6. The van der Waals surface area contributed by atoms with E-state index in [4.69, 9.17) is 23.2 Å². The van der Waals surface area contributed by atoms with Gasteiger partial charge in [-0.2, -0.15) is 4.31 Å². The Labute approximate surface area is 134 Å². The van der Waals surface area contributed by atoms with Crippen LogP contribution in [0.25, 0.3) is 0 Å². The summed E-state index contributed by atoms with van der Waals surface area (Å²) in [7, 11) is -2.26. The number of hydrogen-bond donors (Lipinski definition) is 0. The number of hydrogen-bond acceptors (Lipinski definition) is 3. The van der Waals surface area contributed by atoms with E-state index < -0.39 is 16.1 Å². The van der Waals surface area contributed by atoms with Gasteiger partial charge in [0.15, 0.2) is 0 Å². The third-order valence-electron chi connectivity index (χ3n) is 3.29. The van der Waals surface area contributed by atoms with Crippen LogP contribution in [0.1, 0.15) is 18.5 Å². The first-order chi connectivity index (χ1) is 9.85. The van der Waals surface area contributed by atoms with Gasteiger partial charge in [0.2, 0.25) is 10.0 Å². The van der Waals surface area contributed by atoms with E-state index in [2.05, 4.69) is 4.98 Å². The molecule has 7 heteroatoms. The summed E-state index contributed by atoms with van der Waals surface area (Å²) >= 11 is 12.1. The zero-order chi connectivity index (χ0) is 15.6. The topological polar surface area (TPSA) is 50.3 Å². The molecule has 1 aromatic heterocycles. The van der Waals surface area contributed by atoms with Crippen LogP contribution in [0.15, 0.2) is 47.6 Å². The molecule has 4 nitrogen and oxygen atoms in total. The molecular weight excluding hydrogens is 331 g/mol. The molecule has 21 heavy (non-hydrogen) atoms. The lowest BCUT2D eigenvalue weighted by molar-refractivity contribution is 0.398. The number of sulfonamides is 1. The molecular formula is C14H14Cl2N2O2S. The van der Waals surface area contributed by atoms with Gasteiger partial charge in [-0.1, -0.05) is 41.4 Å². The molecule has 0 spiro atoms. The molecule has 0 saturated carbocycles. The van der Waals surface area contributed by atoms with Gasteiger partial charge in [-0.3, -0.25) is 4.98 Å². The summed E-state index contributed by atoms with van der Waals surface area (Å²) in [6.07, 6.45) is 2.69. The molecule has 1 unspecified atom stereocenters. The summed E-state index contributed by atoms with van der Waals surface area (Å²) in [6, 6.07) is 8.15. The van der Waals surface area contributed by atoms with Crippen LogP contribution in [0.5, 0.6) is 0 Å². The Hall–Kier alpha value is -1.14. The second-order valence-corrected chi connectivity index (χ2v) is 7.31. The molecule has 1 aromatic carbocycles. The van der Waals surface area contributed by atoms with Gasteiger partial charge >= 0.3 is 0 Å². The van der Waals surface area contributed by atoms with Crippen LogP contribution in [0.2, 0.25) is 10.0 Å². The van der Waals surface area contributed by atoms with Crippen LogP contribution in [-0.4, -0.2) is 24.8 Å². The molecule has 1 heterocycles. The first-order valence-corrected chi connectivity index (χ1v) is 8.37. The molecule has 0 aliphatic carbocycles. The molecule has 0 fully saturated rings. The van der Waals surface area contributed by atoms with Crippen LogP contribution >= 0.6 is 23.2 Å². The molecule has 0 radical (unpaired) electrons. The van der Waals surface area contributed by atoms with Crippen molar-refractivity contribution >= 4 is 33.2 Å². The van der Waals surface area contributed by atoms with E-state index in [9.17, 15) is 8.42 Å². The van der Waals surface area contributed by atoms with Crippen LogP contribution in [-0.2, 0) is 10.0 Å². The molecule has 0 saturated heterocycles. The summed E-state index contributed by atoms with van der Waals surface area (Å²) in [5, 5.41) is 0.660. The van der Waals surface area contributed by atoms with E-state index in [1.54, 1.807) is 25.1 Å². The van der Waals surface area contributed by atoms with Gasteiger partial charge < -0.3 is 0 Å². The monoisotopic (exact) mass is 344 g/mol. The third kappa shape index (κ3) is 3.21. The number of rotatable bonds is 4. The van der Waals surface area contributed by atoms with Crippen molar-refractivity contribution in [2.45, 2.75) is 17.9 Å². The summed E-state index contributed by atoms with van der Waals surface area (Å²) in [6.45, 7) is 1.77. The van der Waals surface area contributed by atoms with Crippen molar-refractivity contribution in [2.24, 2.45) is 0 Å². The summed E-state index contributed by atoms with van der Waals surface area (Å²) in [5.41, 5.74) is 0.727. The molecule has 2 rings (SSSR count). The molecule has 0 aliphatic heterocycles. The van der Waals surface area contributed by atoms with Crippen LogP contribution < -0.4 is 0 Å². The van der Waals surface area contributed by atoms with Crippen molar-refractivity contribution in [2.75, 3.05) is 7.05 Å². The molecule has 2 aromatic rings. The maximum absolute atomic E-state index is 12.6. The fourth-order valence-electron chi connectivity index (χ4n) is 1.93. The Bertz CT molecular complexity index is 750. The summed E-state index contributed by atoms with van der Waals surface area (Å²) in [4.78, 5) is 3.81. The Kier molecular flexibility index (Phi) is 4.88. The molecule has 0 N–H and O–H groups in total. The Balaban J connectivity index is 2.42. The van der Waals surface area contributed by atoms with Crippen LogP contribution in [0.4, 0.5) is 0 Å². The van der Waals surface area contributed by atoms with E-state index in [-0.39, 0.29) is 9.92 Å². The van der Waals surface area contributed by atoms with Gasteiger partial charge in [0.05, 0.1) is 5.02 Å². The number of benzene rings is 1. The predicted molar refractivity (Wildman–Crippen MR) is 84.1 cm³/mol. The highest BCUT2D eigenvalue weighted by Gasteiger charge is 2.29. The molecule has 112 valence electrons. The van der Waals surface area contributed by atoms with E-state index in [1.165, 1.54) is 29.8 Å². The van der Waals surface area contributed by atoms with Gasteiger partial charge in [0.1, 0.15) is 4.90 Å². The molecule has 1 atom stereocenters. The number of aromatic nitrogens is 1. The lowest BCUT2D eigenvalue weighted by atomic mass is 10.1. The van der Waals surface area contributed by atoms with Gasteiger partial charge in [0, 0.05) is 30.5 Å². The lowest BCUT2D eigenvalue weighted by Crippen LogP contribution is -2.30. The van der Waals surface area contributed by atoms with Crippen molar-refractivity contribution < 1.29 is 8.42 Å². The highest BCUT2D eigenvalue weighted by Crippen LogP contribution is 2.31. The van der Waals surface area contributed by atoms with Gasteiger partial charge in [-0.15, -0.1) is 0 Å². The van der Waals surface area contributed by atoms with Crippen molar-refractivity contribution in [3.05, 3.63) is 58.3 Å². The van der Waals surface area contributed by atoms with Crippen LogP contribution in [0.3, 0.4) is 0 Å². The van der Waals surface area contributed by atoms with Gasteiger partial charge in [0.25, 0.3) is 0 Å². The lowest BCUT2D eigenvalue weighted by Gasteiger charge is -2.25. The van der Waals surface area contributed by atoms with Crippen LogP contribution in [0, 0.1) is 0 Å². The SMILES string of the molecule is CC(c1ccccc1Cl)N(C)S(=O)(=O)c1cnccc1Cl. The van der Waals surface area contributed by atoms with E-state index >= 15 is 0 Å². The minimum absolute atomic E-state index is 0.0203. The van der Waals surface area contributed by atoms with E-state index in [1.807, 2.05) is 6.07 Å². The Morgan fingerprint density at radius 2 is 1.81 bits per heavy atom. The minimum Gasteiger partial charge on any atom is -0.263 e. The summed E-state index contributed by atoms with van der Waals surface area (Å²) < 4.78 is 26.5. The third-order valence-corrected chi connectivity index (χ3v) is 6.03. The number of nitrogens with zero attached hydrogens (tertiary/aromatic N) is 2. The zero-order valence-corrected chi connectivity index (χ0v) is 13.8. The first-order valence-electron chi connectivity index (χ1n) is 6.17. The second kappa shape index (κ2) is 6.32. The summed E-state index contributed by atoms with van der Waals surface area (Å²) in [5.74, 6) is 0. The zero-order valence-electron chi connectivity index (χ0n) is 11.5. The smallest absolute Gasteiger partial charge is 0.246 e. The normalized spacial score (nSPS) is 13.4.